The summed E-state index contributed by atoms with van der Waals surface area (Å²) in [5.41, 5.74) is 5.13. The first-order chi connectivity index (χ1) is 8.06. The second kappa shape index (κ2) is 6.47. The Kier molecular flexibility index (Phi) is 5.25. The summed E-state index contributed by atoms with van der Waals surface area (Å²) in [5.74, 6) is 0.120. The van der Waals surface area contributed by atoms with Crippen molar-refractivity contribution in [3.8, 4) is 0 Å². The smallest absolute Gasteiger partial charge is 0.312 e. The fourth-order valence-electron chi connectivity index (χ4n) is 2.15. The largest absolute Gasteiger partial charge is 0.352 e. The fraction of sp³-hybridized carbons (Fsp3) is 0.833. The van der Waals surface area contributed by atoms with Gasteiger partial charge in [-0.1, -0.05) is 20.3 Å². The molecule has 1 saturated heterocycles. The summed E-state index contributed by atoms with van der Waals surface area (Å²) in [6.07, 6.45) is 4.12. The van der Waals surface area contributed by atoms with Crippen LogP contribution in [0.3, 0.4) is 0 Å². The number of urea groups is 1. The molecule has 0 bridgehead atoms. The maximum absolute atomic E-state index is 12.3. The van der Waals surface area contributed by atoms with Crippen LogP contribution in [0.2, 0.25) is 0 Å². The molecule has 0 aromatic carbocycles. The number of amides is 3. The molecule has 2 atom stereocenters. The standard InChI is InChI=1S/C12H23N3O2/c1-3-9(2)10(14-12(13)17)11(16)15-7-5-4-6-8-15/h9-10H,3-8H2,1-2H3,(H3,13,14,17)/t9-,10-/m0/s1. The number of hydrogen-bond donors (Lipinski definition) is 2. The van der Waals surface area contributed by atoms with Crippen molar-refractivity contribution in [1.29, 1.82) is 0 Å². The molecule has 1 rings (SSSR count). The van der Waals surface area contributed by atoms with Crippen molar-refractivity contribution in [1.82, 2.24) is 10.2 Å². The summed E-state index contributed by atoms with van der Waals surface area (Å²) in [5, 5.41) is 2.58. The first kappa shape index (κ1) is 13.8. The van der Waals surface area contributed by atoms with Gasteiger partial charge in [-0.3, -0.25) is 4.79 Å². The summed E-state index contributed by atoms with van der Waals surface area (Å²) in [4.78, 5) is 25.1. The van der Waals surface area contributed by atoms with Gasteiger partial charge in [-0.25, -0.2) is 4.79 Å². The molecule has 0 saturated carbocycles. The van der Waals surface area contributed by atoms with Crippen LogP contribution in [0.5, 0.6) is 0 Å². The van der Waals surface area contributed by atoms with E-state index in [1.54, 1.807) is 0 Å². The van der Waals surface area contributed by atoms with Gasteiger partial charge in [0, 0.05) is 13.1 Å². The van der Waals surface area contributed by atoms with Crippen molar-refractivity contribution in [2.24, 2.45) is 11.7 Å². The molecule has 0 spiro atoms. The van der Waals surface area contributed by atoms with Gasteiger partial charge >= 0.3 is 6.03 Å². The van der Waals surface area contributed by atoms with Gasteiger partial charge in [0.15, 0.2) is 0 Å². The Balaban J connectivity index is 2.66. The van der Waals surface area contributed by atoms with E-state index < -0.39 is 12.1 Å². The predicted molar refractivity (Wildman–Crippen MR) is 66.4 cm³/mol. The number of primary amides is 1. The van der Waals surface area contributed by atoms with Crippen molar-refractivity contribution in [3.05, 3.63) is 0 Å². The summed E-state index contributed by atoms with van der Waals surface area (Å²) in [7, 11) is 0. The third-order valence-corrected chi connectivity index (χ3v) is 3.44. The molecule has 5 heteroatoms. The van der Waals surface area contributed by atoms with E-state index in [9.17, 15) is 9.59 Å². The van der Waals surface area contributed by atoms with Gasteiger partial charge in [-0.15, -0.1) is 0 Å². The monoisotopic (exact) mass is 241 g/mol. The van der Waals surface area contributed by atoms with Gasteiger partial charge in [0.05, 0.1) is 0 Å². The van der Waals surface area contributed by atoms with E-state index in [0.29, 0.717) is 0 Å². The lowest BCUT2D eigenvalue weighted by molar-refractivity contribution is -0.135. The second-order valence-corrected chi connectivity index (χ2v) is 4.76. The molecule has 3 amide bonds. The third kappa shape index (κ3) is 3.91. The Labute approximate surface area is 103 Å². The maximum atomic E-state index is 12.3. The zero-order valence-corrected chi connectivity index (χ0v) is 10.7. The summed E-state index contributed by atoms with van der Waals surface area (Å²) >= 11 is 0. The van der Waals surface area contributed by atoms with Crippen LogP contribution in [-0.2, 0) is 4.79 Å². The van der Waals surface area contributed by atoms with Crippen LogP contribution in [0, 0.1) is 5.92 Å². The van der Waals surface area contributed by atoms with Crippen molar-refractivity contribution in [2.75, 3.05) is 13.1 Å². The van der Waals surface area contributed by atoms with E-state index in [1.807, 2.05) is 18.7 Å². The van der Waals surface area contributed by atoms with E-state index in [-0.39, 0.29) is 11.8 Å². The molecular formula is C12H23N3O2. The molecule has 1 heterocycles. The van der Waals surface area contributed by atoms with Crippen LogP contribution < -0.4 is 11.1 Å². The molecule has 1 aliphatic heterocycles. The molecule has 98 valence electrons. The van der Waals surface area contributed by atoms with Crippen LogP contribution in [0.1, 0.15) is 39.5 Å². The SMILES string of the molecule is CC[C@H](C)[C@H](NC(N)=O)C(=O)N1CCCCC1. The third-order valence-electron chi connectivity index (χ3n) is 3.44. The first-order valence-corrected chi connectivity index (χ1v) is 6.41. The predicted octanol–water partition coefficient (Wildman–Crippen LogP) is 1.08. The highest BCUT2D eigenvalue weighted by Gasteiger charge is 2.29. The summed E-state index contributed by atoms with van der Waals surface area (Å²) in [6.45, 7) is 5.56. The number of hydrogen-bond acceptors (Lipinski definition) is 2. The Bertz CT molecular complexity index is 275. The number of nitrogens with zero attached hydrogens (tertiary/aromatic N) is 1. The van der Waals surface area contributed by atoms with Gasteiger partial charge in [0.25, 0.3) is 0 Å². The van der Waals surface area contributed by atoms with E-state index >= 15 is 0 Å². The average molecular weight is 241 g/mol. The normalized spacial score (nSPS) is 19.5. The van der Waals surface area contributed by atoms with Crippen molar-refractivity contribution in [2.45, 2.75) is 45.6 Å². The minimum Gasteiger partial charge on any atom is -0.352 e. The van der Waals surface area contributed by atoms with Crippen LogP contribution in [-0.4, -0.2) is 36.0 Å². The zero-order valence-electron chi connectivity index (χ0n) is 10.7. The molecule has 0 aliphatic carbocycles. The molecule has 0 unspecified atom stereocenters. The molecule has 1 fully saturated rings. The topological polar surface area (TPSA) is 75.4 Å². The second-order valence-electron chi connectivity index (χ2n) is 4.76. The maximum Gasteiger partial charge on any atom is 0.312 e. The number of rotatable bonds is 4. The molecular weight excluding hydrogens is 218 g/mol. The molecule has 3 N–H and O–H groups in total. The van der Waals surface area contributed by atoms with Crippen LogP contribution in [0.4, 0.5) is 4.79 Å². The number of carbonyl (C=O) groups excluding carboxylic acids is 2. The highest BCUT2D eigenvalue weighted by atomic mass is 16.2. The van der Waals surface area contributed by atoms with Gasteiger partial charge < -0.3 is 16.0 Å². The van der Waals surface area contributed by atoms with Crippen LogP contribution in [0.15, 0.2) is 0 Å². The lowest BCUT2D eigenvalue weighted by Gasteiger charge is -2.32. The minimum atomic E-state index is -0.624. The molecule has 0 radical (unpaired) electrons. The van der Waals surface area contributed by atoms with E-state index in [2.05, 4.69) is 5.32 Å². The van der Waals surface area contributed by atoms with Crippen LogP contribution in [0.25, 0.3) is 0 Å². The van der Waals surface area contributed by atoms with Gasteiger partial charge in [0.2, 0.25) is 5.91 Å². The van der Waals surface area contributed by atoms with E-state index in [0.717, 1.165) is 32.4 Å². The minimum absolute atomic E-state index is 0.0119. The molecule has 5 nitrogen and oxygen atoms in total. The number of piperidine rings is 1. The Morgan fingerprint density at radius 3 is 2.35 bits per heavy atom. The average Bonchev–Trinajstić information content (AvgIpc) is 2.35. The molecule has 0 aromatic rings. The molecule has 17 heavy (non-hydrogen) atoms. The van der Waals surface area contributed by atoms with Gasteiger partial charge in [-0.05, 0) is 25.2 Å². The first-order valence-electron chi connectivity index (χ1n) is 6.41. The lowest BCUT2D eigenvalue weighted by Crippen LogP contribution is -2.54. The Morgan fingerprint density at radius 2 is 1.88 bits per heavy atom. The number of likely N-dealkylation sites (tertiary alicyclic amines) is 1. The van der Waals surface area contributed by atoms with Crippen molar-refractivity contribution >= 4 is 11.9 Å². The number of nitrogens with one attached hydrogen (secondary N) is 1. The quantitative estimate of drug-likeness (QED) is 0.773. The van der Waals surface area contributed by atoms with Crippen molar-refractivity contribution < 1.29 is 9.59 Å². The van der Waals surface area contributed by atoms with Crippen molar-refractivity contribution in [3.63, 3.8) is 0 Å². The van der Waals surface area contributed by atoms with E-state index in [1.165, 1.54) is 6.42 Å². The number of nitrogens with two attached hydrogens (primary N) is 1. The van der Waals surface area contributed by atoms with Crippen LogP contribution >= 0.6 is 0 Å². The van der Waals surface area contributed by atoms with Gasteiger partial charge in [-0.2, -0.15) is 0 Å². The van der Waals surface area contributed by atoms with E-state index in [4.69, 9.17) is 5.73 Å². The Morgan fingerprint density at radius 1 is 1.29 bits per heavy atom. The highest BCUT2D eigenvalue weighted by Crippen LogP contribution is 2.15. The summed E-state index contributed by atoms with van der Waals surface area (Å²) in [6, 6.07) is -1.10. The lowest BCUT2D eigenvalue weighted by atomic mass is 9.97. The highest BCUT2D eigenvalue weighted by molar-refractivity contribution is 5.86. The molecule has 1 aliphatic rings. The number of carbonyl (C=O) groups is 2. The fourth-order valence-corrected chi connectivity index (χ4v) is 2.15. The van der Waals surface area contributed by atoms with Gasteiger partial charge in [0.1, 0.15) is 6.04 Å². The Hall–Kier alpha value is -1.26. The summed E-state index contributed by atoms with van der Waals surface area (Å²) < 4.78 is 0. The zero-order chi connectivity index (χ0) is 12.8. The molecule has 0 aromatic heterocycles.